The smallest absolute Gasteiger partial charge is 0.232 e. The predicted molar refractivity (Wildman–Crippen MR) is 107 cm³/mol. The van der Waals surface area contributed by atoms with Crippen molar-refractivity contribution in [1.29, 1.82) is 0 Å². The molecular weight excluding hydrogens is 348 g/mol. The molecule has 1 aliphatic carbocycles. The predicted octanol–water partition coefficient (Wildman–Crippen LogP) is 3.58. The average Bonchev–Trinajstić information content (AvgIpc) is 2.58. The van der Waals surface area contributed by atoms with E-state index >= 15 is 0 Å². The molecule has 1 aliphatic rings. The number of amides is 1. The van der Waals surface area contributed by atoms with Gasteiger partial charge in [0.15, 0.2) is 0 Å². The van der Waals surface area contributed by atoms with Gasteiger partial charge in [-0.25, -0.2) is 8.42 Å². The first kappa shape index (κ1) is 20.7. The van der Waals surface area contributed by atoms with Gasteiger partial charge < -0.3 is 5.32 Å². The Morgan fingerprint density at radius 2 is 1.88 bits per heavy atom. The summed E-state index contributed by atoms with van der Waals surface area (Å²) in [4.78, 5) is 12.3. The van der Waals surface area contributed by atoms with E-state index in [0.717, 1.165) is 42.5 Å². The zero-order valence-electron chi connectivity index (χ0n) is 16.4. The van der Waals surface area contributed by atoms with Crippen LogP contribution in [0.25, 0.3) is 0 Å². The number of nitrogens with zero attached hydrogens (tertiary/aromatic N) is 1. The number of sulfonamides is 1. The highest BCUT2D eigenvalue weighted by molar-refractivity contribution is 7.92. The summed E-state index contributed by atoms with van der Waals surface area (Å²) >= 11 is 0. The summed E-state index contributed by atoms with van der Waals surface area (Å²) in [5.74, 6) is 0.359. The van der Waals surface area contributed by atoms with Gasteiger partial charge in [-0.1, -0.05) is 51.3 Å². The van der Waals surface area contributed by atoms with Crippen molar-refractivity contribution in [1.82, 2.24) is 5.32 Å². The molecule has 0 heterocycles. The molecule has 1 aromatic rings. The molecule has 1 fully saturated rings. The van der Waals surface area contributed by atoms with Crippen LogP contribution >= 0.6 is 0 Å². The maximum Gasteiger partial charge on any atom is 0.232 e. The van der Waals surface area contributed by atoms with Crippen LogP contribution in [0.1, 0.15) is 63.0 Å². The highest BCUT2D eigenvalue weighted by atomic mass is 32.2. The lowest BCUT2D eigenvalue weighted by atomic mass is 9.89. The maximum atomic E-state index is 12.4. The van der Waals surface area contributed by atoms with Gasteiger partial charge in [-0.2, -0.15) is 0 Å². The van der Waals surface area contributed by atoms with Crippen LogP contribution in [0.2, 0.25) is 0 Å². The lowest BCUT2D eigenvalue weighted by Gasteiger charge is -2.28. The highest BCUT2D eigenvalue weighted by Gasteiger charge is 2.24. The van der Waals surface area contributed by atoms with E-state index in [0.29, 0.717) is 6.54 Å². The Hall–Kier alpha value is -1.56. The second kappa shape index (κ2) is 8.89. The van der Waals surface area contributed by atoms with Gasteiger partial charge in [-0.15, -0.1) is 0 Å². The molecule has 146 valence electrons. The van der Waals surface area contributed by atoms with Crippen LogP contribution in [0.15, 0.2) is 18.2 Å². The SMILES string of the molecule is Cc1cccc(C(C)C)c1N(CCNC(=O)C1CCCCC1)S(C)(=O)=O. The van der Waals surface area contributed by atoms with Gasteiger partial charge >= 0.3 is 0 Å². The second-order valence-corrected chi connectivity index (χ2v) is 9.54. The molecule has 0 radical (unpaired) electrons. The average molecular weight is 381 g/mol. The number of aryl methyl sites for hydroxylation is 1. The van der Waals surface area contributed by atoms with E-state index in [4.69, 9.17) is 0 Å². The third-order valence-corrected chi connectivity index (χ3v) is 6.30. The van der Waals surface area contributed by atoms with Crippen LogP contribution < -0.4 is 9.62 Å². The highest BCUT2D eigenvalue weighted by Crippen LogP contribution is 2.32. The zero-order valence-corrected chi connectivity index (χ0v) is 17.2. The number of hydrogen-bond acceptors (Lipinski definition) is 3. The van der Waals surface area contributed by atoms with Crippen LogP contribution in [-0.4, -0.2) is 33.7 Å². The molecule has 0 aromatic heterocycles. The summed E-state index contributed by atoms with van der Waals surface area (Å²) in [6.07, 6.45) is 6.53. The standard InChI is InChI=1S/C20H32N2O3S/c1-15(2)18-12-8-9-16(3)19(18)22(26(4,24)25)14-13-21-20(23)17-10-6-5-7-11-17/h8-9,12,15,17H,5-7,10-11,13-14H2,1-4H3,(H,21,23). The molecule has 0 saturated heterocycles. The molecule has 26 heavy (non-hydrogen) atoms. The number of para-hydroxylation sites is 1. The molecular formula is C20H32N2O3S. The normalized spacial score (nSPS) is 15.9. The number of carbonyl (C=O) groups is 1. The Bertz CT molecular complexity index is 723. The quantitative estimate of drug-likeness (QED) is 0.786. The summed E-state index contributed by atoms with van der Waals surface area (Å²) in [7, 11) is -3.44. The third kappa shape index (κ3) is 5.22. The van der Waals surface area contributed by atoms with Gasteiger partial charge in [-0.05, 0) is 36.8 Å². The van der Waals surface area contributed by atoms with Crippen molar-refractivity contribution < 1.29 is 13.2 Å². The van der Waals surface area contributed by atoms with Crippen LogP contribution in [0.3, 0.4) is 0 Å². The Morgan fingerprint density at radius 3 is 2.46 bits per heavy atom. The Kier molecular flexibility index (Phi) is 7.09. The minimum absolute atomic E-state index is 0.0621. The van der Waals surface area contributed by atoms with Crippen LogP contribution in [-0.2, 0) is 14.8 Å². The van der Waals surface area contributed by atoms with E-state index < -0.39 is 10.0 Å². The van der Waals surface area contributed by atoms with Gasteiger partial charge in [0.05, 0.1) is 18.5 Å². The fourth-order valence-corrected chi connectivity index (χ4v) is 4.73. The molecule has 2 rings (SSSR count). The zero-order chi connectivity index (χ0) is 19.3. The van der Waals surface area contributed by atoms with Crippen molar-refractivity contribution in [3.8, 4) is 0 Å². The summed E-state index contributed by atoms with van der Waals surface area (Å²) in [5.41, 5.74) is 2.69. The maximum absolute atomic E-state index is 12.4. The summed E-state index contributed by atoms with van der Waals surface area (Å²) in [6, 6.07) is 5.87. The molecule has 1 saturated carbocycles. The lowest BCUT2D eigenvalue weighted by Crippen LogP contribution is -2.41. The number of anilines is 1. The fraction of sp³-hybridized carbons (Fsp3) is 0.650. The first-order valence-corrected chi connectivity index (χ1v) is 11.4. The fourth-order valence-electron chi connectivity index (χ4n) is 3.72. The van der Waals surface area contributed by atoms with Gasteiger partial charge in [0.1, 0.15) is 0 Å². The van der Waals surface area contributed by atoms with E-state index in [9.17, 15) is 13.2 Å². The first-order chi connectivity index (χ1) is 12.2. The van der Waals surface area contributed by atoms with Crippen molar-refractivity contribution in [3.05, 3.63) is 29.3 Å². The van der Waals surface area contributed by atoms with Crippen LogP contribution in [0, 0.1) is 12.8 Å². The van der Waals surface area contributed by atoms with E-state index in [1.165, 1.54) is 17.0 Å². The largest absolute Gasteiger partial charge is 0.354 e. The molecule has 0 aliphatic heterocycles. The molecule has 1 N–H and O–H groups in total. The summed E-state index contributed by atoms with van der Waals surface area (Å²) < 4.78 is 26.3. The lowest BCUT2D eigenvalue weighted by molar-refractivity contribution is -0.125. The molecule has 0 atom stereocenters. The van der Waals surface area contributed by atoms with E-state index in [1.807, 2.05) is 25.1 Å². The van der Waals surface area contributed by atoms with Crippen LogP contribution in [0.5, 0.6) is 0 Å². The number of nitrogens with one attached hydrogen (secondary N) is 1. The molecule has 1 aromatic carbocycles. The summed E-state index contributed by atoms with van der Waals surface area (Å²) in [6.45, 7) is 6.63. The van der Waals surface area contributed by atoms with Crippen molar-refractivity contribution >= 4 is 21.6 Å². The van der Waals surface area contributed by atoms with Crippen LogP contribution in [0.4, 0.5) is 5.69 Å². The molecule has 0 spiro atoms. The second-order valence-electron chi connectivity index (χ2n) is 7.63. The summed E-state index contributed by atoms with van der Waals surface area (Å²) in [5, 5.41) is 2.95. The topological polar surface area (TPSA) is 66.5 Å². The molecule has 1 amide bonds. The number of hydrogen-bond donors (Lipinski definition) is 1. The Labute approximate surface area is 158 Å². The molecule has 0 bridgehead atoms. The molecule has 0 unspecified atom stereocenters. The number of carbonyl (C=O) groups excluding carboxylic acids is 1. The number of benzene rings is 1. The van der Waals surface area contributed by atoms with Gasteiger partial charge in [0.2, 0.25) is 15.9 Å². The van der Waals surface area contributed by atoms with Gasteiger partial charge in [0, 0.05) is 12.5 Å². The van der Waals surface area contributed by atoms with E-state index in [2.05, 4.69) is 19.2 Å². The minimum atomic E-state index is -3.44. The van der Waals surface area contributed by atoms with Crippen molar-refractivity contribution in [2.45, 2.75) is 58.8 Å². The third-order valence-electron chi connectivity index (χ3n) is 5.13. The number of rotatable bonds is 7. The van der Waals surface area contributed by atoms with Crippen molar-refractivity contribution in [2.75, 3.05) is 23.7 Å². The van der Waals surface area contributed by atoms with E-state index in [-0.39, 0.29) is 24.3 Å². The van der Waals surface area contributed by atoms with Crippen molar-refractivity contribution in [2.24, 2.45) is 5.92 Å². The minimum Gasteiger partial charge on any atom is -0.354 e. The van der Waals surface area contributed by atoms with Gasteiger partial charge in [0.25, 0.3) is 0 Å². The van der Waals surface area contributed by atoms with Gasteiger partial charge in [-0.3, -0.25) is 9.10 Å². The monoisotopic (exact) mass is 380 g/mol. The van der Waals surface area contributed by atoms with E-state index in [1.54, 1.807) is 0 Å². The Morgan fingerprint density at radius 1 is 1.23 bits per heavy atom. The van der Waals surface area contributed by atoms with Crippen molar-refractivity contribution in [3.63, 3.8) is 0 Å². The molecule has 5 nitrogen and oxygen atoms in total. The molecule has 6 heteroatoms. The first-order valence-electron chi connectivity index (χ1n) is 9.56. The Balaban J connectivity index is 2.13.